The SMILES string of the molecule is CC(=O)N1CCN(C(=O)c2cccc(CSc3cnc(NC(=O)c4ccc(CNc5ccccc5O)cc4)s3)c2)CC1. The third-order valence-corrected chi connectivity index (χ3v) is 9.05. The number of para-hydroxylation sites is 2. The minimum Gasteiger partial charge on any atom is -0.506 e. The van der Waals surface area contributed by atoms with Crippen LogP contribution in [0.3, 0.4) is 0 Å². The van der Waals surface area contributed by atoms with Crippen LogP contribution in [0.15, 0.2) is 83.2 Å². The number of aromatic hydroxyl groups is 1. The van der Waals surface area contributed by atoms with Crippen LogP contribution in [-0.2, 0) is 17.1 Å². The van der Waals surface area contributed by atoms with Crippen molar-refractivity contribution in [2.75, 3.05) is 36.8 Å². The Morgan fingerprint density at radius 1 is 0.905 bits per heavy atom. The van der Waals surface area contributed by atoms with Crippen molar-refractivity contribution in [2.45, 2.75) is 23.4 Å². The number of phenols is 1. The van der Waals surface area contributed by atoms with Crippen LogP contribution >= 0.6 is 23.1 Å². The number of phenolic OH excluding ortho intramolecular Hbond substituents is 1. The molecule has 3 amide bonds. The Morgan fingerprint density at radius 3 is 2.38 bits per heavy atom. The molecule has 9 nitrogen and oxygen atoms in total. The summed E-state index contributed by atoms with van der Waals surface area (Å²) in [6, 6.07) is 21.9. The van der Waals surface area contributed by atoms with E-state index in [1.54, 1.807) is 65.0 Å². The van der Waals surface area contributed by atoms with E-state index in [1.165, 1.54) is 11.3 Å². The first kappa shape index (κ1) is 29.2. The first-order chi connectivity index (χ1) is 20.4. The van der Waals surface area contributed by atoms with Gasteiger partial charge in [-0.15, -0.1) is 11.8 Å². The fourth-order valence-electron chi connectivity index (χ4n) is 4.50. The van der Waals surface area contributed by atoms with E-state index in [0.29, 0.717) is 60.4 Å². The molecule has 11 heteroatoms. The molecular weight excluding hydrogens is 571 g/mol. The molecule has 0 bridgehead atoms. The fraction of sp³-hybridized carbons (Fsp3) is 0.226. The molecule has 216 valence electrons. The van der Waals surface area contributed by atoms with Crippen molar-refractivity contribution < 1.29 is 19.5 Å². The zero-order chi connectivity index (χ0) is 29.5. The first-order valence-corrected chi connectivity index (χ1v) is 15.3. The molecule has 3 aromatic carbocycles. The Balaban J connectivity index is 1.10. The minimum absolute atomic E-state index is 0.0207. The summed E-state index contributed by atoms with van der Waals surface area (Å²) in [6.07, 6.45) is 1.74. The number of thioether (sulfide) groups is 1. The number of aromatic nitrogens is 1. The molecule has 1 fully saturated rings. The Bertz CT molecular complexity index is 1570. The van der Waals surface area contributed by atoms with Crippen LogP contribution in [0.4, 0.5) is 10.8 Å². The topological polar surface area (TPSA) is 115 Å². The van der Waals surface area contributed by atoms with Crippen LogP contribution in [0.1, 0.15) is 38.8 Å². The molecule has 2 heterocycles. The quantitative estimate of drug-likeness (QED) is 0.176. The number of thiazole rings is 1. The van der Waals surface area contributed by atoms with Crippen LogP contribution in [0.2, 0.25) is 0 Å². The second-order valence-corrected chi connectivity index (χ2v) is 12.1. The van der Waals surface area contributed by atoms with Gasteiger partial charge in [0.25, 0.3) is 11.8 Å². The van der Waals surface area contributed by atoms with Gasteiger partial charge in [0, 0.05) is 56.5 Å². The lowest BCUT2D eigenvalue weighted by Gasteiger charge is -2.34. The standard InChI is InChI=1S/C31H31N5O4S2/c1-21(37)35-13-15-36(16-14-35)30(40)25-6-4-5-23(17-25)20-41-28-19-33-31(42-28)34-29(39)24-11-9-22(10-12-24)18-32-26-7-2-3-8-27(26)38/h2-12,17,19,32,38H,13-16,18,20H2,1H3,(H,33,34,39). The van der Waals surface area contributed by atoms with E-state index >= 15 is 0 Å². The highest BCUT2D eigenvalue weighted by atomic mass is 32.2. The summed E-state index contributed by atoms with van der Waals surface area (Å²) >= 11 is 2.99. The minimum atomic E-state index is -0.239. The Hall–Kier alpha value is -4.35. The van der Waals surface area contributed by atoms with Gasteiger partial charge in [0.05, 0.1) is 16.1 Å². The summed E-state index contributed by atoms with van der Waals surface area (Å²) in [5.41, 5.74) is 3.81. The zero-order valence-corrected chi connectivity index (χ0v) is 24.7. The number of carbonyl (C=O) groups excluding carboxylic acids is 3. The maximum Gasteiger partial charge on any atom is 0.257 e. The van der Waals surface area contributed by atoms with E-state index < -0.39 is 0 Å². The molecule has 0 radical (unpaired) electrons. The monoisotopic (exact) mass is 601 g/mol. The summed E-state index contributed by atoms with van der Waals surface area (Å²) in [5, 5.41) is 16.4. The highest BCUT2D eigenvalue weighted by Crippen LogP contribution is 2.31. The smallest absolute Gasteiger partial charge is 0.257 e. The maximum absolute atomic E-state index is 13.0. The van der Waals surface area contributed by atoms with E-state index in [2.05, 4.69) is 15.6 Å². The summed E-state index contributed by atoms with van der Waals surface area (Å²) in [5.74, 6) is 0.626. The van der Waals surface area contributed by atoms with Crippen LogP contribution < -0.4 is 10.6 Å². The molecule has 5 rings (SSSR count). The summed E-state index contributed by atoms with van der Waals surface area (Å²) in [6.45, 7) is 4.26. The molecule has 0 aliphatic carbocycles. The molecule has 4 aromatic rings. The van der Waals surface area contributed by atoms with Gasteiger partial charge < -0.3 is 20.2 Å². The van der Waals surface area contributed by atoms with E-state index in [-0.39, 0.29) is 23.5 Å². The van der Waals surface area contributed by atoms with Crippen molar-refractivity contribution in [1.29, 1.82) is 0 Å². The molecule has 3 N–H and O–H groups in total. The summed E-state index contributed by atoms with van der Waals surface area (Å²) in [4.78, 5) is 45.2. The number of hydrogen-bond acceptors (Lipinski definition) is 8. The molecular formula is C31H31N5O4S2. The molecule has 1 aromatic heterocycles. The molecule has 0 saturated carbocycles. The van der Waals surface area contributed by atoms with Crippen LogP contribution in [0.5, 0.6) is 5.75 Å². The van der Waals surface area contributed by atoms with Crippen LogP contribution in [0, 0.1) is 0 Å². The van der Waals surface area contributed by atoms with Gasteiger partial charge in [-0.2, -0.15) is 0 Å². The lowest BCUT2D eigenvalue weighted by Crippen LogP contribution is -2.50. The summed E-state index contributed by atoms with van der Waals surface area (Å²) < 4.78 is 0.952. The van der Waals surface area contributed by atoms with Crippen molar-refractivity contribution >= 4 is 51.6 Å². The second kappa shape index (κ2) is 13.5. The average Bonchev–Trinajstić information content (AvgIpc) is 3.46. The molecule has 1 aliphatic rings. The third kappa shape index (κ3) is 7.48. The molecule has 1 aliphatic heterocycles. The third-order valence-electron chi connectivity index (χ3n) is 6.88. The Morgan fingerprint density at radius 2 is 1.64 bits per heavy atom. The molecule has 0 atom stereocenters. The maximum atomic E-state index is 13.0. The van der Waals surface area contributed by atoms with Crippen molar-refractivity contribution in [3.05, 3.63) is 101 Å². The molecule has 1 saturated heterocycles. The Kier molecular flexibility index (Phi) is 9.40. The lowest BCUT2D eigenvalue weighted by atomic mass is 10.1. The van der Waals surface area contributed by atoms with E-state index in [9.17, 15) is 19.5 Å². The van der Waals surface area contributed by atoms with E-state index in [0.717, 1.165) is 15.3 Å². The van der Waals surface area contributed by atoms with Gasteiger partial charge in [0.2, 0.25) is 5.91 Å². The predicted molar refractivity (Wildman–Crippen MR) is 166 cm³/mol. The predicted octanol–water partition coefficient (Wildman–Crippen LogP) is 5.31. The van der Waals surface area contributed by atoms with Gasteiger partial charge in [0.1, 0.15) is 5.75 Å². The number of piperazine rings is 1. The van der Waals surface area contributed by atoms with Gasteiger partial charge in [-0.25, -0.2) is 4.98 Å². The molecule has 42 heavy (non-hydrogen) atoms. The highest BCUT2D eigenvalue weighted by Gasteiger charge is 2.23. The van der Waals surface area contributed by atoms with Crippen molar-refractivity contribution in [2.24, 2.45) is 0 Å². The number of hydrogen-bond donors (Lipinski definition) is 3. The summed E-state index contributed by atoms with van der Waals surface area (Å²) in [7, 11) is 0. The zero-order valence-electron chi connectivity index (χ0n) is 23.1. The number of carbonyl (C=O) groups is 3. The van der Waals surface area contributed by atoms with Gasteiger partial charge in [-0.3, -0.25) is 19.7 Å². The Labute approximate surface area is 252 Å². The fourth-order valence-corrected chi connectivity index (χ4v) is 6.31. The van der Waals surface area contributed by atoms with Gasteiger partial charge >= 0.3 is 0 Å². The van der Waals surface area contributed by atoms with Gasteiger partial charge in [0.15, 0.2) is 5.13 Å². The number of rotatable bonds is 9. The van der Waals surface area contributed by atoms with Crippen LogP contribution in [0.25, 0.3) is 0 Å². The highest BCUT2D eigenvalue weighted by molar-refractivity contribution is 8.00. The van der Waals surface area contributed by atoms with Crippen LogP contribution in [-0.4, -0.2) is 63.8 Å². The first-order valence-electron chi connectivity index (χ1n) is 13.5. The lowest BCUT2D eigenvalue weighted by molar-refractivity contribution is -0.130. The normalized spacial score (nSPS) is 13.1. The van der Waals surface area contributed by atoms with E-state index in [4.69, 9.17) is 0 Å². The van der Waals surface area contributed by atoms with E-state index in [1.807, 2.05) is 42.5 Å². The average molecular weight is 602 g/mol. The number of nitrogens with one attached hydrogen (secondary N) is 2. The van der Waals surface area contributed by atoms with Crippen molar-refractivity contribution in [3.63, 3.8) is 0 Å². The molecule has 0 spiro atoms. The van der Waals surface area contributed by atoms with Gasteiger partial charge in [-0.1, -0.05) is 47.7 Å². The van der Waals surface area contributed by atoms with Crippen molar-refractivity contribution in [3.8, 4) is 5.75 Å². The number of amides is 3. The number of nitrogens with zero attached hydrogens (tertiary/aromatic N) is 3. The number of benzene rings is 3. The molecule has 0 unspecified atom stereocenters. The number of anilines is 2. The largest absolute Gasteiger partial charge is 0.506 e. The second-order valence-electron chi connectivity index (χ2n) is 9.79. The van der Waals surface area contributed by atoms with Gasteiger partial charge in [-0.05, 0) is 47.5 Å². The van der Waals surface area contributed by atoms with Crippen molar-refractivity contribution in [1.82, 2.24) is 14.8 Å².